The number of hydrogen-bond donors (Lipinski definition) is 2. The van der Waals surface area contributed by atoms with Gasteiger partial charge in [-0.1, -0.05) is 26.2 Å². The number of imidazole rings is 1. The highest BCUT2D eigenvalue weighted by Crippen LogP contribution is 2.31. The third kappa shape index (κ3) is 4.80. The second-order valence-electron chi connectivity index (χ2n) is 7.25. The highest BCUT2D eigenvalue weighted by atomic mass is 19.1. The van der Waals surface area contributed by atoms with Gasteiger partial charge in [0.05, 0.1) is 11.0 Å². The lowest BCUT2D eigenvalue weighted by molar-refractivity contribution is -0.126. The first-order valence-electron chi connectivity index (χ1n) is 9.57. The van der Waals surface area contributed by atoms with Gasteiger partial charge in [0.1, 0.15) is 11.6 Å². The summed E-state index contributed by atoms with van der Waals surface area (Å²) >= 11 is 0. The van der Waals surface area contributed by atoms with Gasteiger partial charge in [-0.2, -0.15) is 0 Å². The summed E-state index contributed by atoms with van der Waals surface area (Å²) in [5, 5.41) is 3.04. The number of halogens is 1. The van der Waals surface area contributed by atoms with Gasteiger partial charge in [-0.25, -0.2) is 9.37 Å². The highest BCUT2D eigenvalue weighted by molar-refractivity contribution is 5.78. The normalized spacial score (nSPS) is 20.7. The van der Waals surface area contributed by atoms with Gasteiger partial charge < -0.3 is 10.3 Å². The molecule has 1 aliphatic carbocycles. The second kappa shape index (κ2) is 8.45. The zero-order valence-electron chi connectivity index (χ0n) is 15.0. The number of carbonyl (C=O) groups excluding carboxylic acids is 1. The molecule has 136 valence electrons. The van der Waals surface area contributed by atoms with Gasteiger partial charge in [-0.05, 0) is 49.8 Å². The molecule has 1 fully saturated rings. The van der Waals surface area contributed by atoms with E-state index in [2.05, 4.69) is 22.2 Å². The number of H-pyrrole nitrogens is 1. The minimum Gasteiger partial charge on any atom is -0.355 e. The number of nitrogens with one attached hydrogen (secondary N) is 2. The van der Waals surface area contributed by atoms with Crippen LogP contribution in [0.3, 0.4) is 0 Å². The molecule has 1 aromatic heterocycles. The molecule has 0 bridgehead atoms. The molecule has 0 radical (unpaired) electrons. The van der Waals surface area contributed by atoms with Crippen LogP contribution in [0.5, 0.6) is 0 Å². The van der Waals surface area contributed by atoms with Gasteiger partial charge >= 0.3 is 0 Å². The fraction of sp³-hybridized carbons (Fsp3) is 0.600. The molecule has 2 N–H and O–H groups in total. The first-order valence-corrected chi connectivity index (χ1v) is 9.57. The number of fused-ring (bicyclic) bond motifs is 1. The fourth-order valence-electron chi connectivity index (χ4n) is 3.81. The van der Waals surface area contributed by atoms with Gasteiger partial charge in [0.25, 0.3) is 0 Å². The summed E-state index contributed by atoms with van der Waals surface area (Å²) in [5.41, 5.74) is 1.46. The van der Waals surface area contributed by atoms with E-state index in [1.807, 2.05) is 0 Å². The molecule has 1 heterocycles. The molecule has 0 spiro atoms. The zero-order valence-corrected chi connectivity index (χ0v) is 15.0. The van der Waals surface area contributed by atoms with E-state index in [4.69, 9.17) is 0 Å². The van der Waals surface area contributed by atoms with Crippen LogP contribution in [0.4, 0.5) is 4.39 Å². The topological polar surface area (TPSA) is 57.8 Å². The maximum Gasteiger partial charge on any atom is 0.223 e. The van der Waals surface area contributed by atoms with Crippen LogP contribution in [0.15, 0.2) is 18.2 Å². The molecule has 2 aromatic rings. The van der Waals surface area contributed by atoms with Crippen molar-refractivity contribution in [2.75, 3.05) is 6.54 Å². The Morgan fingerprint density at radius 1 is 1.32 bits per heavy atom. The van der Waals surface area contributed by atoms with Gasteiger partial charge in [-0.3, -0.25) is 4.79 Å². The molecule has 0 saturated heterocycles. The van der Waals surface area contributed by atoms with E-state index in [0.717, 1.165) is 30.1 Å². The minimum absolute atomic E-state index is 0.169. The SMILES string of the molecule is CCCCC1CCC(C(=O)NCCc2nc3ccc(F)cc3[nH]2)CC1. The Labute approximate surface area is 148 Å². The first-order chi connectivity index (χ1) is 12.2. The van der Waals surface area contributed by atoms with Crippen LogP contribution in [0.25, 0.3) is 11.0 Å². The maximum atomic E-state index is 13.2. The van der Waals surface area contributed by atoms with E-state index < -0.39 is 0 Å². The Hall–Kier alpha value is -1.91. The van der Waals surface area contributed by atoms with Crippen LogP contribution in [-0.2, 0) is 11.2 Å². The molecule has 1 amide bonds. The smallest absolute Gasteiger partial charge is 0.223 e. The molecular weight excluding hydrogens is 317 g/mol. The van der Waals surface area contributed by atoms with Crippen molar-refractivity contribution in [3.63, 3.8) is 0 Å². The van der Waals surface area contributed by atoms with E-state index in [1.54, 1.807) is 6.07 Å². The monoisotopic (exact) mass is 345 g/mol. The lowest BCUT2D eigenvalue weighted by atomic mass is 9.79. The molecular formula is C20H28FN3O. The maximum absolute atomic E-state index is 13.2. The number of nitrogens with zero attached hydrogens (tertiary/aromatic N) is 1. The Morgan fingerprint density at radius 2 is 2.12 bits per heavy atom. The number of amides is 1. The minimum atomic E-state index is -0.273. The largest absolute Gasteiger partial charge is 0.355 e. The number of aromatic nitrogens is 2. The van der Waals surface area contributed by atoms with Crippen molar-refractivity contribution in [1.29, 1.82) is 0 Å². The Bertz CT molecular complexity index is 704. The van der Waals surface area contributed by atoms with Gasteiger partial charge in [-0.15, -0.1) is 0 Å². The van der Waals surface area contributed by atoms with Crippen LogP contribution in [0.2, 0.25) is 0 Å². The van der Waals surface area contributed by atoms with E-state index in [0.29, 0.717) is 18.5 Å². The van der Waals surface area contributed by atoms with E-state index >= 15 is 0 Å². The third-order valence-electron chi connectivity index (χ3n) is 5.34. The Morgan fingerprint density at radius 3 is 2.88 bits per heavy atom. The lowest BCUT2D eigenvalue weighted by Gasteiger charge is -2.27. The summed E-state index contributed by atoms with van der Waals surface area (Å²) in [5.74, 6) is 1.67. The lowest BCUT2D eigenvalue weighted by Crippen LogP contribution is -2.34. The van der Waals surface area contributed by atoms with Crippen LogP contribution in [-0.4, -0.2) is 22.4 Å². The van der Waals surface area contributed by atoms with Crippen molar-refractivity contribution in [2.45, 2.75) is 58.3 Å². The summed E-state index contributed by atoms with van der Waals surface area (Å²) < 4.78 is 13.2. The molecule has 3 rings (SSSR count). The molecule has 0 aliphatic heterocycles. The van der Waals surface area contributed by atoms with Crippen LogP contribution in [0.1, 0.15) is 57.7 Å². The molecule has 1 aromatic carbocycles. The summed E-state index contributed by atoms with van der Waals surface area (Å²) in [7, 11) is 0. The molecule has 4 nitrogen and oxygen atoms in total. The van der Waals surface area contributed by atoms with Crippen molar-refractivity contribution in [3.05, 3.63) is 29.8 Å². The van der Waals surface area contributed by atoms with Crippen molar-refractivity contribution >= 4 is 16.9 Å². The molecule has 25 heavy (non-hydrogen) atoms. The number of unbranched alkanes of at least 4 members (excludes halogenated alkanes) is 1. The first kappa shape index (κ1) is 17.9. The summed E-state index contributed by atoms with van der Waals surface area (Å²) in [6, 6.07) is 4.52. The number of hydrogen-bond acceptors (Lipinski definition) is 2. The number of carbonyl (C=O) groups is 1. The molecule has 1 saturated carbocycles. The number of aromatic amines is 1. The highest BCUT2D eigenvalue weighted by Gasteiger charge is 2.25. The molecule has 1 aliphatic rings. The summed E-state index contributed by atoms with van der Waals surface area (Å²) in [6.07, 6.45) is 8.93. The van der Waals surface area contributed by atoms with Gasteiger partial charge in [0.2, 0.25) is 5.91 Å². The van der Waals surface area contributed by atoms with Crippen molar-refractivity contribution < 1.29 is 9.18 Å². The van der Waals surface area contributed by atoms with E-state index in [-0.39, 0.29) is 17.6 Å². The predicted octanol–water partition coefficient (Wildman–Crippen LogP) is 4.36. The van der Waals surface area contributed by atoms with Gasteiger partial charge in [0.15, 0.2) is 0 Å². The van der Waals surface area contributed by atoms with E-state index in [1.165, 1.54) is 44.2 Å². The van der Waals surface area contributed by atoms with Crippen molar-refractivity contribution in [3.8, 4) is 0 Å². The Kier molecular flexibility index (Phi) is 6.05. The average Bonchev–Trinajstić information content (AvgIpc) is 3.02. The number of rotatable bonds is 7. The predicted molar refractivity (Wildman–Crippen MR) is 97.7 cm³/mol. The third-order valence-corrected chi connectivity index (χ3v) is 5.34. The molecule has 5 heteroatoms. The van der Waals surface area contributed by atoms with E-state index in [9.17, 15) is 9.18 Å². The Balaban J connectivity index is 1.41. The van der Waals surface area contributed by atoms with Crippen LogP contribution < -0.4 is 5.32 Å². The average molecular weight is 345 g/mol. The molecule has 0 unspecified atom stereocenters. The fourth-order valence-corrected chi connectivity index (χ4v) is 3.81. The standard InChI is InChI=1S/C20H28FN3O/c1-2-3-4-14-5-7-15(8-6-14)20(25)22-12-11-19-23-17-10-9-16(21)13-18(17)24-19/h9-10,13-15H,2-8,11-12H2,1H3,(H,22,25)(H,23,24). The summed E-state index contributed by atoms with van der Waals surface area (Å²) in [6.45, 7) is 2.80. The van der Waals surface area contributed by atoms with Crippen LogP contribution >= 0.6 is 0 Å². The van der Waals surface area contributed by atoms with Crippen molar-refractivity contribution in [1.82, 2.24) is 15.3 Å². The van der Waals surface area contributed by atoms with Gasteiger partial charge in [0, 0.05) is 18.9 Å². The van der Waals surface area contributed by atoms with Crippen molar-refractivity contribution in [2.24, 2.45) is 11.8 Å². The molecule has 0 atom stereocenters. The quantitative estimate of drug-likeness (QED) is 0.783. The van der Waals surface area contributed by atoms with Crippen LogP contribution in [0, 0.1) is 17.7 Å². The number of benzene rings is 1. The second-order valence-corrected chi connectivity index (χ2v) is 7.25. The zero-order chi connectivity index (χ0) is 17.6. The summed E-state index contributed by atoms with van der Waals surface area (Å²) in [4.78, 5) is 19.9.